The molecular formula is C14H17ClN2O2. The Hall–Kier alpha value is -1.52. The van der Waals surface area contributed by atoms with Crippen molar-refractivity contribution in [2.24, 2.45) is 0 Å². The lowest BCUT2D eigenvalue weighted by Crippen LogP contribution is -2.24. The van der Waals surface area contributed by atoms with Gasteiger partial charge in [-0.15, -0.1) is 0 Å². The number of nitrogens with zero attached hydrogens (tertiary/aromatic N) is 2. The minimum absolute atomic E-state index is 0.569. The summed E-state index contributed by atoms with van der Waals surface area (Å²) in [4.78, 5) is 6.25. The molecule has 1 heterocycles. The van der Waals surface area contributed by atoms with Crippen LogP contribution in [0.15, 0.2) is 34.9 Å². The van der Waals surface area contributed by atoms with Gasteiger partial charge in [-0.3, -0.25) is 4.90 Å². The van der Waals surface area contributed by atoms with Crippen LogP contribution >= 0.6 is 11.6 Å². The Kier molecular flexibility index (Phi) is 4.82. The summed E-state index contributed by atoms with van der Waals surface area (Å²) in [6, 6.07) is 7.46. The van der Waals surface area contributed by atoms with Gasteiger partial charge in [-0.2, -0.15) is 0 Å². The quantitative estimate of drug-likeness (QED) is 0.815. The van der Waals surface area contributed by atoms with Crippen molar-refractivity contribution in [3.05, 3.63) is 47.1 Å². The van der Waals surface area contributed by atoms with E-state index in [9.17, 15) is 0 Å². The lowest BCUT2D eigenvalue weighted by molar-refractivity contribution is 0.219. The molecule has 0 saturated heterocycles. The molecule has 0 spiro atoms. The van der Waals surface area contributed by atoms with Crippen molar-refractivity contribution in [2.45, 2.75) is 13.5 Å². The van der Waals surface area contributed by atoms with Crippen LogP contribution in [0.2, 0.25) is 5.02 Å². The fraction of sp³-hybridized carbons (Fsp3) is 0.357. The van der Waals surface area contributed by atoms with E-state index in [-0.39, 0.29) is 0 Å². The minimum atomic E-state index is 0.569. The van der Waals surface area contributed by atoms with E-state index in [1.165, 1.54) is 0 Å². The number of benzene rings is 1. The average Bonchev–Trinajstić information content (AvgIpc) is 2.77. The van der Waals surface area contributed by atoms with Crippen molar-refractivity contribution < 1.29 is 9.15 Å². The average molecular weight is 281 g/mol. The number of halogens is 1. The molecule has 5 heteroatoms. The van der Waals surface area contributed by atoms with Gasteiger partial charge in [0, 0.05) is 6.54 Å². The molecule has 0 saturated carbocycles. The van der Waals surface area contributed by atoms with E-state index in [0.29, 0.717) is 23.9 Å². The number of likely N-dealkylation sites (N-methyl/N-ethyl adjacent to an activating group) is 1. The molecule has 4 nitrogen and oxygen atoms in total. The van der Waals surface area contributed by atoms with E-state index < -0.39 is 0 Å². The highest BCUT2D eigenvalue weighted by molar-refractivity contribution is 6.32. The lowest BCUT2D eigenvalue weighted by atomic mass is 10.3. The predicted molar refractivity (Wildman–Crippen MR) is 74.5 cm³/mol. The number of ether oxygens (including phenoxy) is 1. The van der Waals surface area contributed by atoms with Gasteiger partial charge in [0.25, 0.3) is 0 Å². The first-order valence-electron chi connectivity index (χ1n) is 6.12. The number of rotatable bonds is 6. The van der Waals surface area contributed by atoms with Gasteiger partial charge in [-0.25, -0.2) is 4.98 Å². The summed E-state index contributed by atoms with van der Waals surface area (Å²) in [5.74, 6) is 2.26. The van der Waals surface area contributed by atoms with E-state index >= 15 is 0 Å². The largest absolute Gasteiger partial charge is 0.491 e. The van der Waals surface area contributed by atoms with Crippen LogP contribution in [-0.2, 0) is 6.54 Å². The van der Waals surface area contributed by atoms with Gasteiger partial charge < -0.3 is 9.15 Å². The highest BCUT2D eigenvalue weighted by atomic mass is 35.5. The molecule has 0 unspecified atom stereocenters. The first-order valence-corrected chi connectivity index (χ1v) is 6.50. The molecule has 19 heavy (non-hydrogen) atoms. The maximum Gasteiger partial charge on any atom is 0.208 e. The summed E-state index contributed by atoms with van der Waals surface area (Å²) in [5, 5.41) is 0.633. The number of aryl methyl sites for hydroxylation is 1. The fourth-order valence-electron chi connectivity index (χ4n) is 1.66. The van der Waals surface area contributed by atoms with Crippen molar-refractivity contribution in [1.82, 2.24) is 9.88 Å². The Morgan fingerprint density at radius 3 is 2.84 bits per heavy atom. The van der Waals surface area contributed by atoms with Crippen molar-refractivity contribution in [3.8, 4) is 5.75 Å². The van der Waals surface area contributed by atoms with E-state index in [2.05, 4.69) is 9.88 Å². The number of hydrogen-bond acceptors (Lipinski definition) is 4. The van der Waals surface area contributed by atoms with Crippen LogP contribution in [0.25, 0.3) is 0 Å². The van der Waals surface area contributed by atoms with Crippen LogP contribution in [0.1, 0.15) is 11.7 Å². The third kappa shape index (κ3) is 4.26. The lowest BCUT2D eigenvalue weighted by Gasteiger charge is -2.15. The van der Waals surface area contributed by atoms with Gasteiger partial charge in [0.2, 0.25) is 5.89 Å². The van der Waals surface area contributed by atoms with Gasteiger partial charge >= 0.3 is 0 Å². The molecule has 0 atom stereocenters. The summed E-state index contributed by atoms with van der Waals surface area (Å²) in [5.41, 5.74) is 0. The van der Waals surface area contributed by atoms with Gasteiger partial charge in [-0.05, 0) is 26.1 Å². The topological polar surface area (TPSA) is 38.5 Å². The molecule has 0 radical (unpaired) electrons. The van der Waals surface area contributed by atoms with E-state index in [1.807, 2.05) is 38.2 Å². The van der Waals surface area contributed by atoms with Crippen molar-refractivity contribution >= 4 is 11.6 Å². The summed E-state index contributed by atoms with van der Waals surface area (Å²) in [6.45, 7) is 3.89. The monoisotopic (exact) mass is 280 g/mol. The van der Waals surface area contributed by atoms with Crippen LogP contribution in [-0.4, -0.2) is 30.1 Å². The Morgan fingerprint density at radius 2 is 2.16 bits per heavy atom. The first-order chi connectivity index (χ1) is 9.15. The third-order valence-corrected chi connectivity index (χ3v) is 2.95. The van der Waals surface area contributed by atoms with E-state index in [0.717, 1.165) is 18.2 Å². The van der Waals surface area contributed by atoms with Crippen LogP contribution in [0.3, 0.4) is 0 Å². The van der Waals surface area contributed by atoms with Crippen molar-refractivity contribution in [2.75, 3.05) is 20.2 Å². The Labute approximate surface area is 118 Å². The molecule has 2 rings (SSSR count). The van der Waals surface area contributed by atoms with Crippen LogP contribution in [0, 0.1) is 6.92 Å². The highest BCUT2D eigenvalue weighted by Crippen LogP contribution is 2.22. The maximum atomic E-state index is 6.01. The first kappa shape index (κ1) is 13.9. The zero-order valence-electron chi connectivity index (χ0n) is 11.1. The minimum Gasteiger partial charge on any atom is -0.491 e. The second-order valence-electron chi connectivity index (χ2n) is 4.38. The SMILES string of the molecule is Cc1cnc(CN(C)CCOc2ccccc2Cl)o1. The molecular weight excluding hydrogens is 264 g/mol. The smallest absolute Gasteiger partial charge is 0.208 e. The summed E-state index contributed by atoms with van der Waals surface area (Å²) < 4.78 is 11.0. The number of aromatic nitrogens is 1. The number of oxazole rings is 1. The molecule has 0 aliphatic carbocycles. The molecule has 0 aliphatic heterocycles. The molecule has 0 bridgehead atoms. The van der Waals surface area contributed by atoms with Crippen molar-refractivity contribution in [1.29, 1.82) is 0 Å². The molecule has 0 amide bonds. The molecule has 0 N–H and O–H groups in total. The Balaban J connectivity index is 1.75. The molecule has 1 aromatic heterocycles. The van der Waals surface area contributed by atoms with E-state index in [1.54, 1.807) is 6.20 Å². The maximum absolute atomic E-state index is 6.01. The zero-order valence-corrected chi connectivity index (χ0v) is 11.9. The summed E-state index contributed by atoms with van der Waals surface area (Å²) >= 11 is 6.01. The predicted octanol–water partition coefficient (Wildman–Crippen LogP) is 3.15. The Bertz CT molecular complexity index is 528. The van der Waals surface area contributed by atoms with Gasteiger partial charge in [0.1, 0.15) is 18.1 Å². The van der Waals surface area contributed by atoms with Gasteiger partial charge in [-0.1, -0.05) is 23.7 Å². The van der Waals surface area contributed by atoms with Gasteiger partial charge in [0.15, 0.2) is 0 Å². The summed E-state index contributed by atoms with van der Waals surface area (Å²) in [6.07, 6.45) is 1.73. The second-order valence-corrected chi connectivity index (χ2v) is 4.79. The molecule has 1 aromatic carbocycles. The number of para-hydroxylation sites is 1. The standard InChI is InChI=1S/C14H17ClN2O2/c1-11-9-16-14(19-11)10-17(2)7-8-18-13-6-4-3-5-12(13)15/h3-6,9H,7-8,10H2,1-2H3. The van der Waals surface area contributed by atoms with Crippen LogP contribution in [0.4, 0.5) is 0 Å². The van der Waals surface area contributed by atoms with Gasteiger partial charge in [0.05, 0.1) is 17.8 Å². The van der Waals surface area contributed by atoms with Crippen molar-refractivity contribution in [3.63, 3.8) is 0 Å². The normalized spacial score (nSPS) is 10.9. The highest BCUT2D eigenvalue weighted by Gasteiger charge is 2.06. The molecule has 2 aromatic rings. The Morgan fingerprint density at radius 1 is 1.37 bits per heavy atom. The summed E-state index contributed by atoms with van der Waals surface area (Å²) in [7, 11) is 2.00. The van der Waals surface area contributed by atoms with E-state index in [4.69, 9.17) is 20.8 Å². The second kappa shape index (κ2) is 6.59. The molecule has 0 fully saturated rings. The van der Waals surface area contributed by atoms with Crippen LogP contribution < -0.4 is 4.74 Å². The molecule has 0 aliphatic rings. The zero-order chi connectivity index (χ0) is 13.7. The fourth-order valence-corrected chi connectivity index (χ4v) is 1.85. The third-order valence-electron chi connectivity index (χ3n) is 2.64. The molecule has 102 valence electrons. The number of hydrogen-bond donors (Lipinski definition) is 0. The van der Waals surface area contributed by atoms with Crippen LogP contribution in [0.5, 0.6) is 5.75 Å².